The Morgan fingerprint density at radius 2 is 1.70 bits per heavy atom. The van der Waals surface area contributed by atoms with Gasteiger partial charge in [-0.2, -0.15) is 0 Å². The number of carbonyl (C=O) groups excluding carboxylic acids is 1. The number of hydrogen-bond acceptors (Lipinski definition) is 7. The van der Waals surface area contributed by atoms with Crippen LogP contribution in [0.4, 0.5) is 4.79 Å². The summed E-state index contributed by atoms with van der Waals surface area (Å²) in [5.41, 5.74) is -0.854. The van der Waals surface area contributed by atoms with Gasteiger partial charge in [-0.05, 0) is 105 Å². The molecule has 1 amide bonds. The van der Waals surface area contributed by atoms with Gasteiger partial charge in [0.2, 0.25) is 0 Å². The highest BCUT2D eigenvalue weighted by Crippen LogP contribution is 2.89. The van der Waals surface area contributed by atoms with E-state index in [9.17, 15) is 15.0 Å². The largest absolute Gasteiger partial charge is 0.446 e. The summed E-state index contributed by atoms with van der Waals surface area (Å²) in [6.07, 6.45) is 6.81. The first kappa shape index (κ1) is 30.7. The highest BCUT2D eigenvalue weighted by Gasteiger charge is 2.84. The van der Waals surface area contributed by atoms with Crippen LogP contribution >= 0.6 is 0 Å². The predicted molar refractivity (Wildman–Crippen MR) is 161 cm³/mol. The maximum absolute atomic E-state index is 12.8. The summed E-state index contributed by atoms with van der Waals surface area (Å²) < 4.78 is 24.0. The molecule has 0 aromatic carbocycles. The van der Waals surface area contributed by atoms with Crippen LogP contribution in [-0.2, 0) is 18.9 Å². The Balaban J connectivity index is 1.14. The van der Waals surface area contributed by atoms with E-state index >= 15 is 0 Å². The van der Waals surface area contributed by atoms with Crippen molar-refractivity contribution in [3.63, 3.8) is 0 Å². The molecule has 5 aliphatic carbocycles. The predicted octanol–water partition coefficient (Wildman–Crippen LogP) is 5.08. The Morgan fingerprint density at radius 1 is 1.02 bits per heavy atom. The van der Waals surface area contributed by atoms with Gasteiger partial charge in [-0.25, -0.2) is 4.79 Å². The van der Waals surface area contributed by atoms with Crippen LogP contribution in [0, 0.1) is 50.7 Å². The number of hydrogen-bond donors (Lipinski definition) is 3. The molecule has 3 N–H and O–H groups in total. The molecule has 8 nitrogen and oxygen atoms in total. The van der Waals surface area contributed by atoms with E-state index in [0.29, 0.717) is 31.0 Å². The minimum Gasteiger partial charge on any atom is -0.446 e. The number of nitrogens with one attached hydrogen (secondary N) is 1. The highest BCUT2D eigenvalue weighted by molar-refractivity contribution is 5.68. The number of aliphatic hydroxyl groups is 2. The Labute approximate surface area is 258 Å². The van der Waals surface area contributed by atoms with E-state index < -0.39 is 17.8 Å². The second-order valence-electron chi connectivity index (χ2n) is 17.6. The van der Waals surface area contributed by atoms with E-state index in [1.165, 1.54) is 12.8 Å². The molecular weight excluding hydrogens is 546 g/mol. The lowest BCUT2D eigenvalue weighted by Crippen LogP contribution is -2.60. The van der Waals surface area contributed by atoms with E-state index in [1.807, 2.05) is 0 Å². The van der Waals surface area contributed by atoms with Crippen LogP contribution in [0.3, 0.4) is 0 Å². The van der Waals surface area contributed by atoms with Crippen LogP contribution in [0.1, 0.15) is 99.8 Å². The number of alkyl carbamates (subject to hydrolysis) is 1. The molecule has 0 aromatic rings. The zero-order valence-electron chi connectivity index (χ0n) is 27.8. The van der Waals surface area contributed by atoms with Gasteiger partial charge < -0.3 is 34.5 Å². The van der Waals surface area contributed by atoms with Crippen molar-refractivity contribution in [2.24, 2.45) is 50.7 Å². The van der Waals surface area contributed by atoms with E-state index in [-0.39, 0.29) is 63.4 Å². The Hall–Kier alpha value is -0.930. The Morgan fingerprint density at radius 3 is 2.33 bits per heavy atom. The number of ether oxygens (including phenoxy) is 4. The minimum absolute atomic E-state index is 0.00946. The smallest absolute Gasteiger partial charge is 0.407 e. The van der Waals surface area contributed by atoms with E-state index in [1.54, 1.807) is 21.0 Å². The average Bonchev–Trinajstić information content (AvgIpc) is 3.52. The number of aliphatic hydroxyl groups excluding tert-OH is 1. The van der Waals surface area contributed by atoms with Gasteiger partial charge in [0.1, 0.15) is 12.2 Å². The average molecular weight is 604 g/mol. The molecule has 7 rings (SSSR count). The molecule has 0 radical (unpaired) electrons. The molecule has 8 heteroatoms. The standard InChI is InChI=1S/C35H57NO7/c1-19-15-21(28(40-8)31(4,5)39)42-26-25(19)32(6)13-14-35-18-34(35)12-11-24(43-29(38)36-20-16-41-17-20)30(2,3)22(34)9-10-23(35)33(32,7)27(26)37/h19-28,37,39H,9-18H2,1-8H3,(H,36,38)/t19-,21?,22+,23?,24?,25+,26?,27+,28?,32?,33-,34?,35?/m1/s1. The second-order valence-corrected chi connectivity index (χ2v) is 17.6. The molecule has 2 heterocycles. The van der Waals surface area contributed by atoms with Crippen molar-refractivity contribution in [2.45, 2.75) is 142 Å². The second kappa shape index (κ2) is 9.56. The van der Waals surface area contributed by atoms with Gasteiger partial charge in [-0.15, -0.1) is 0 Å². The van der Waals surface area contributed by atoms with Crippen molar-refractivity contribution in [1.82, 2.24) is 5.32 Å². The summed E-state index contributed by atoms with van der Waals surface area (Å²) in [5.74, 6) is 1.62. The molecule has 43 heavy (non-hydrogen) atoms. The molecule has 0 aromatic heterocycles. The first-order chi connectivity index (χ1) is 20.1. The van der Waals surface area contributed by atoms with Gasteiger partial charge in [0, 0.05) is 17.9 Å². The molecule has 5 saturated carbocycles. The molecule has 8 unspecified atom stereocenters. The number of methoxy groups -OCH3 is 1. The first-order valence-corrected chi connectivity index (χ1v) is 17.2. The summed E-state index contributed by atoms with van der Waals surface area (Å²) >= 11 is 0. The lowest BCUT2D eigenvalue weighted by molar-refractivity contribution is -0.209. The van der Waals surface area contributed by atoms with Crippen LogP contribution in [0.5, 0.6) is 0 Å². The SMILES string of the molecule is COC(C1C[C@@H](C)[C@H]2C(O1)[C@H](O)[C@@]1(C)C3CC[C@H]4C(C)(C)C(OC(=O)NC5COC5)CCC45CC35CCC21C)C(C)(C)O. The third kappa shape index (κ3) is 3.88. The molecule has 0 bridgehead atoms. The quantitative estimate of drug-likeness (QED) is 0.403. The number of carbonyl (C=O) groups is 1. The third-order valence-electron chi connectivity index (χ3n) is 15.3. The lowest BCUT2D eigenvalue weighted by atomic mass is 9.41. The number of rotatable bonds is 5. The molecule has 7 aliphatic rings. The number of amides is 1. The summed E-state index contributed by atoms with van der Waals surface area (Å²) in [4.78, 5) is 12.8. The van der Waals surface area contributed by atoms with Gasteiger partial charge in [0.15, 0.2) is 0 Å². The Bertz CT molecular complexity index is 1130. The molecule has 7 fully saturated rings. The summed E-state index contributed by atoms with van der Waals surface area (Å²) in [7, 11) is 1.65. The van der Waals surface area contributed by atoms with E-state index in [2.05, 4.69) is 39.9 Å². The van der Waals surface area contributed by atoms with Gasteiger partial charge in [0.05, 0.1) is 43.2 Å². The molecular formula is C35H57NO7. The molecule has 13 atom stereocenters. The van der Waals surface area contributed by atoms with Gasteiger partial charge >= 0.3 is 6.09 Å². The third-order valence-corrected chi connectivity index (χ3v) is 15.3. The molecule has 2 aliphatic heterocycles. The van der Waals surface area contributed by atoms with Crippen LogP contribution in [0.15, 0.2) is 0 Å². The van der Waals surface area contributed by atoms with E-state index in [4.69, 9.17) is 18.9 Å². The lowest BCUT2D eigenvalue weighted by Gasteiger charge is -2.63. The fourth-order valence-corrected chi connectivity index (χ4v) is 13.3. The normalized spacial score (nSPS) is 52.3. The van der Waals surface area contributed by atoms with Crippen LogP contribution in [0.2, 0.25) is 0 Å². The van der Waals surface area contributed by atoms with Gasteiger partial charge in [-0.3, -0.25) is 0 Å². The van der Waals surface area contributed by atoms with Crippen molar-refractivity contribution in [3.8, 4) is 0 Å². The summed E-state index contributed by atoms with van der Waals surface area (Å²) in [6.45, 7) is 16.6. The summed E-state index contributed by atoms with van der Waals surface area (Å²) in [6, 6.07) is 0.0731. The topological polar surface area (TPSA) is 106 Å². The molecule has 244 valence electrons. The maximum atomic E-state index is 12.8. The fourth-order valence-electron chi connectivity index (χ4n) is 13.3. The summed E-state index contributed by atoms with van der Waals surface area (Å²) in [5, 5.41) is 26.3. The van der Waals surface area contributed by atoms with Crippen molar-refractivity contribution >= 4 is 6.09 Å². The van der Waals surface area contributed by atoms with Gasteiger partial charge in [-0.1, -0.05) is 34.6 Å². The first-order valence-electron chi connectivity index (χ1n) is 17.2. The van der Waals surface area contributed by atoms with Crippen LogP contribution < -0.4 is 5.32 Å². The van der Waals surface area contributed by atoms with Crippen molar-refractivity contribution in [2.75, 3.05) is 20.3 Å². The minimum atomic E-state index is -1.03. The fraction of sp³-hybridized carbons (Fsp3) is 0.971. The zero-order valence-corrected chi connectivity index (χ0v) is 27.8. The molecule has 2 saturated heterocycles. The number of fused-ring (bicyclic) bond motifs is 4. The monoisotopic (exact) mass is 603 g/mol. The zero-order chi connectivity index (χ0) is 31.0. The Kier molecular flexibility index (Phi) is 6.82. The van der Waals surface area contributed by atoms with Crippen LogP contribution in [0.25, 0.3) is 0 Å². The molecule has 2 spiro atoms. The van der Waals surface area contributed by atoms with Gasteiger partial charge in [0.25, 0.3) is 0 Å². The van der Waals surface area contributed by atoms with Crippen molar-refractivity contribution < 1.29 is 34.0 Å². The van der Waals surface area contributed by atoms with Crippen LogP contribution in [-0.4, -0.2) is 78.8 Å². The van der Waals surface area contributed by atoms with Crippen molar-refractivity contribution in [1.29, 1.82) is 0 Å². The highest BCUT2D eigenvalue weighted by atomic mass is 16.6. The maximum Gasteiger partial charge on any atom is 0.407 e. The van der Waals surface area contributed by atoms with Crippen molar-refractivity contribution in [3.05, 3.63) is 0 Å². The van der Waals surface area contributed by atoms with E-state index in [0.717, 1.165) is 38.5 Å².